The molecule has 110 valence electrons. The maximum absolute atomic E-state index is 12.4. The van der Waals surface area contributed by atoms with Gasteiger partial charge in [-0.2, -0.15) is 0 Å². The van der Waals surface area contributed by atoms with E-state index in [9.17, 15) is 14.4 Å². The van der Waals surface area contributed by atoms with Gasteiger partial charge in [0.05, 0.1) is 5.56 Å². The van der Waals surface area contributed by atoms with Gasteiger partial charge in [-0.3, -0.25) is 9.59 Å². The maximum Gasteiger partial charge on any atom is 0.354 e. The van der Waals surface area contributed by atoms with E-state index in [1.54, 1.807) is 4.90 Å². The predicted molar refractivity (Wildman–Crippen MR) is 71.8 cm³/mol. The Morgan fingerprint density at radius 3 is 2.76 bits per heavy atom. The molecule has 1 N–H and O–H groups in total. The molecular weight excluding hydrogens is 274 g/mol. The SMILES string of the molecule is O=C(O)c1ccc(C(=O)N2CCN3C(=O)CCC3C2)cn1. The molecule has 0 aromatic carbocycles. The van der Waals surface area contributed by atoms with E-state index in [2.05, 4.69) is 4.98 Å². The molecule has 21 heavy (non-hydrogen) atoms. The van der Waals surface area contributed by atoms with Crippen molar-refractivity contribution in [2.24, 2.45) is 0 Å². The maximum atomic E-state index is 12.4. The first-order valence-electron chi connectivity index (χ1n) is 6.84. The van der Waals surface area contributed by atoms with Crippen molar-refractivity contribution in [3.63, 3.8) is 0 Å². The minimum Gasteiger partial charge on any atom is -0.477 e. The van der Waals surface area contributed by atoms with Crippen LogP contribution in [-0.2, 0) is 4.79 Å². The molecule has 3 rings (SSSR count). The van der Waals surface area contributed by atoms with E-state index in [4.69, 9.17) is 5.11 Å². The van der Waals surface area contributed by atoms with Crippen LogP contribution in [0.15, 0.2) is 18.3 Å². The van der Waals surface area contributed by atoms with Crippen molar-refractivity contribution in [3.05, 3.63) is 29.6 Å². The highest BCUT2D eigenvalue weighted by Crippen LogP contribution is 2.23. The molecule has 3 heterocycles. The number of hydrogen-bond donors (Lipinski definition) is 1. The van der Waals surface area contributed by atoms with Crippen LogP contribution in [0.2, 0.25) is 0 Å². The van der Waals surface area contributed by atoms with Crippen molar-refractivity contribution in [1.82, 2.24) is 14.8 Å². The van der Waals surface area contributed by atoms with Gasteiger partial charge in [0.15, 0.2) is 0 Å². The average molecular weight is 289 g/mol. The number of pyridine rings is 1. The highest BCUT2D eigenvalue weighted by molar-refractivity contribution is 5.95. The second-order valence-corrected chi connectivity index (χ2v) is 5.27. The summed E-state index contributed by atoms with van der Waals surface area (Å²) < 4.78 is 0. The number of piperazine rings is 1. The molecule has 1 aromatic heterocycles. The topological polar surface area (TPSA) is 90.8 Å². The number of hydrogen-bond acceptors (Lipinski definition) is 4. The lowest BCUT2D eigenvalue weighted by atomic mass is 10.1. The van der Waals surface area contributed by atoms with E-state index < -0.39 is 5.97 Å². The number of carboxylic acids is 1. The van der Waals surface area contributed by atoms with Crippen LogP contribution in [0.4, 0.5) is 0 Å². The van der Waals surface area contributed by atoms with Gasteiger partial charge >= 0.3 is 5.97 Å². The van der Waals surface area contributed by atoms with Gasteiger partial charge in [-0.25, -0.2) is 9.78 Å². The minimum atomic E-state index is -1.12. The Bertz CT molecular complexity index is 599. The number of nitrogens with zero attached hydrogens (tertiary/aromatic N) is 3. The third-order valence-electron chi connectivity index (χ3n) is 4.01. The average Bonchev–Trinajstić information content (AvgIpc) is 2.87. The quantitative estimate of drug-likeness (QED) is 0.841. The predicted octanol–water partition coefficient (Wildman–Crippen LogP) is 0.227. The fraction of sp³-hybridized carbons (Fsp3) is 0.429. The van der Waals surface area contributed by atoms with Crippen molar-refractivity contribution < 1.29 is 19.5 Å². The molecule has 2 saturated heterocycles. The normalized spacial score (nSPS) is 21.3. The Hall–Kier alpha value is -2.44. The molecule has 0 bridgehead atoms. The summed E-state index contributed by atoms with van der Waals surface area (Å²) in [5, 5.41) is 8.80. The van der Waals surface area contributed by atoms with E-state index in [0.717, 1.165) is 6.42 Å². The summed E-state index contributed by atoms with van der Waals surface area (Å²) in [7, 11) is 0. The molecule has 0 radical (unpaired) electrons. The van der Waals surface area contributed by atoms with Crippen molar-refractivity contribution in [1.29, 1.82) is 0 Å². The molecule has 1 unspecified atom stereocenters. The van der Waals surface area contributed by atoms with Crippen LogP contribution in [-0.4, -0.2) is 63.4 Å². The van der Waals surface area contributed by atoms with Gasteiger partial charge in [0, 0.05) is 38.3 Å². The molecule has 2 amide bonds. The van der Waals surface area contributed by atoms with E-state index in [-0.39, 0.29) is 23.6 Å². The molecule has 2 aliphatic heterocycles. The van der Waals surface area contributed by atoms with E-state index in [0.29, 0.717) is 31.6 Å². The van der Waals surface area contributed by atoms with Crippen LogP contribution >= 0.6 is 0 Å². The summed E-state index contributed by atoms with van der Waals surface area (Å²) in [6.07, 6.45) is 2.64. The molecule has 0 saturated carbocycles. The van der Waals surface area contributed by atoms with Crippen molar-refractivity contribution in [2.75, 3.05) is 19.6 Å². The second-order valence-electron chi connectivity index (χ2n) is 5.27. The van der Waals surface area contributed by atoms with Crippen LogP contribution in [0.25, 0.3) is 0 Å². The van der Waals surface area contributed by atoms with E-state index in [1.165, 1.54) is 18.3 Å². The third kappa shape index (κ3) is 2.46. The summed E-state index contributed by atoms with van der Waals surface area (Å²) >= 11 is 0. The summed E-state index contributed by atoms with van der Waals surface area (Å²) in [4.78, 5) is 42.1. The molecule has 2 aliphatic rings. The van der Waals surface area contributed by atoms with Gasteiger partial charge in [-0.05, 0) is 18.6 Å². The van der Waals surface area contributed by atoms with Gasteiger partial charge in [0.2, 0.25) is 5.91 Å². The zero-order chi connectivity index (χ0) is 15.0. The molecule has 0 spiro atoms. The van der Waals surface area contributed by atoms with Gasteiger partial charge < -0.3 is 14.9 Å². The summed E-state index contributed by atoms with van der Waals surface area (Å²) in [5.41, 5.74) is 0.288. The fourth-order valence-corrected chi connectivity index (χ4v) is 2.88. The van der Waals surface area contributed by atoms with Crippen LogP contribution in [0.1, 0.15) is 33.7 Å². The first-order chi connectivity index (χ1) is 10.1. The van der Waals surface area contributed by atoms with Crippen LogP contribution < -0.4 is 0 Å². The zero-order valence-corrected chi connectivity index (χ0v) is 11.4. The number of fused-ring (bicyclic) bond motifs is 1. The standard InChI is InChI=1S/C14H15N3O4/c18-12-4-2-10-8-16(5-6-17(10)12)13(19)9-1-3-11(14(20)21)15-7-9/h1,3,7,10H,2,4-6,8H2,(H,20,21). The number of aromatic nitrogens is 1. The summed E-state index contributed by atoms with van der Waals surface area (Å²) in [6, 6.07) is 2.91. The van der Waals surface area contributed by atoms with Crippen molar-refractivity contribution in [2.45, 2.75) is 18.9 Å². The Balaban J connectivity index is 1.71. The monoisotopic (exact) mass is 289 g/mol. The van der Waals surface area contributed by atoms with Gasteiger partial charge in [0.25, 0.3) is 5.91 Å². The Kier molecular flexibility index (Phi) is 3.32. The fourth-order valence-electron chi connectivity index (χ4n) is 2.88. The number of rotatable bonds is 2. The van der Waals surface area contributed by atoms with Gasteiger partial charge in [-0.15, -0.1) is 0 Å². The van der Waals surface area contributed by atoms with E-state index >= 15 is 0 Å². The number of carboxylic acid groups (broad SMARTS) is 1. The van der Waals surface area contributed by atoms with Crippen LogP contribution in [0, 0.1) is 0 Å². The number of carbonyl (C=O) groups is 3. The van der Waals surface area contributed by atoms with Gasteiger partial charge in [-0.1, -0.05) is 0 Å². The van der Waals surface area contributed by atoms with Gasteiger partial charge in [0.1, 0.15) is 5.69 Å². The summed E-state index contributed by atoms with van der Waals surface area (Å²) in [6.45, 7) is 1.60. The third-order valence-corrected chi connectivity index (χ3v) is 4.01. The molecule has 1 aromatic rings. The number of amides is 2. The first kappa shape index (κ1) is 13.5. The molecule has 2 fully saturated rings. The van der Waals surface area contributed by atoms with Crippen molar-refractivity contribution in [3.8, 4) is 0 Å². The number of aromatic carboxylic acids is 1. The Morgan fingerprint density at radius 1 is 1.29 bits per heavy atom. The molecule has 1 atom stereocenters. The molecule has 7 nitrogen and oxygen atoms in total. The van der Waals surface area contributed by atoms with Crippen molar-refractivity contribution >= 4 is 17.8 Å². The molecule has 0 aliphatic carbocycles. The Morgan fingerprint density at radius 2 is 2.10 bits per heavy atom. The second kappa shape index (κ2) is 5.16. The molecular formula is C14H15N3O4. The lowest BCUT2D eigenvalue weighted by Crippen LogP contribution is -2.53. The van der Waals surface area contributed by atoms with E-state index in [1.807, 2.05) is 4.90 Å². The number of carbonyl (C=O) groups excluding carboxylic acids is 2. The summed E-state index contributed by atoms with van der Waals surface area (Å²) in [5.74, 6) is -1.12. The smallest absolute Gasteiger partial charge is 0.354 e. The first-order valence-corrected chi connectivity index (χ1v) is 6.84. The molecule has 7 heteroatoms. The lowest BCUT2D eigenvalue weighted by Gasteiger charge is -2.37. The zero-order valence-electron chi connectivity index (χ0n) is 11.4. The highest BCUT2D eigenvalue weighted by atomic mass is 16.4. The Labute approximate surface area is 121 Å². The highest BCUT2D eigenvalue weighted by Gasteiger charge is 2.37. The van der Waals surface area contributed by atoms with Crippen LogP contribution in [0.3, 0.4) is 0 Å². The lowest BCUT2D eigenvalue weighted by molar-refractivity contribution is -0.130. The van der Waals surface area contributed by atoms with Crippen LogP contribution in [0.5, 0.6) is 0 Å². The minimum absolute atomic E-state index is 0.0854. The largest absolute Gasteiger partial charge is 0.477 e.